The van der Waals surface area contributed by atoms with Gasteiger partial charge < -0.3 is 0 Å². The Morgan fingerprint density at radius 2 is 1.79 bits per heavy atom. The highest BCUT2D eigenvalue weighted by atomic mass is 35.5. The van der Waals surface area contributed by atoms with Crippen molar-refractivity contribution >= 4 is 11.6 Å². The molecule has 0 aromatic heterocycles. The standard InChI is InChI=1S/C18H19Cl/c1-18(2)12-17(19)15-11-14(8-9-16(15)18)10-13-6-4-3-5-7-13/h3-9,11,17H,10,12H2,1-2H3. The number of halogens is 1. The van der Waals surface area contributed by atoms with Crippen molar-refractivity contribution in [1.82, 2.24) is 0 Å². The number of fused-ring (bicyclic) bond motifs is 1. The van der Waals surface area contributed by atoms with Crippen LogP contribution in [-0.4, -0.2) is 0 Å². The fraction of sp³-hybridized carbons (Fsp3) is 0.333. The summed E-state index contributed by atoms with van der Waals surface area (Å²) in [7, 11) is 0. The molecule has 1 aliphatic rings. The molecule has 0 N–H and O–H groups in total. The molecule has 3 rings (SSSR count). The number of benzene rings is 2. The van der Waals surface area contributed by atoms with Gasteiger partial charge in [0.15, 0.2) is 0 Å². The molecule has 0 aliphatic heterocycles. The molecule has 0 nitrogen and oxygen atoms in total. The predicted molar refractivity (Wildman–Crippen MR) is 81.9 cm³/mol. The Balaban J connectivity index is 1.93. The molecule has 0 spiro atoms. The Morgan fingerprint density at radius 3 is 2.53 bits per heavy atom. The van der Waals surface area contributed by atoms with Crippen molar-refractivity contribution in [2.45, 2.75) is 37.5 Å². The first-order valence-corrected chi connectivity index (χ1v) is 7.31. The second kappa shape index (κ2) is 4.68. The molecule has 0 saturated heterocycles. The minimum atomic E-state index is 0.167. The molecular weight excluding hydrogens is 252 g/mol. The Kier molecular flexibility index (Phi) is 3.14. The molecule has 0 heterocycles. The lowest BCUT2D eigenvalue weighted by molar-refractivity contribution is 0.516. The molecule has 0 bridgehead atoms. The highest BCUT2D eigenvalue weighted by molar-refractivity contribution is 6.21. The molecular formula is C18H19Cl. The van der Waals surface area contributed by atoms with Crippen molar-refractivity contribution in [2.75, 3.05) is 0 Å². The van der Waals surface area contributed by atoms with E-state index in [1.54, 1.807) is 0 Å². The van der Waals surface area contributed by atoms with Gasteiger partial charge in [0, 0.05) is 0 Å². The van der Waals surface area contributed by atoms with E-state index in [1.807, 2.05) is 0 Å². The highest BCUT2D eigenvalue weighted by Gasteiger charge is 2.35. The van der Waals surface area contributed by atoms with Gasteiger partial charge in [-0.3, -0.25) is 0 Å². The highest BCUT2D eigenvalue weighted by Crippen LogP contribution is 2.47. The van der Waals surface area contributed by atoms with Crippen LogP contribution in [0.5, 0.6) is 0 Å². The summed E-state index contributed by atoms with van der Waals surface area (Å²) in [6, 6.07) is 17.4. The number of hydrogen-bond acceptors (Lipinski definition) is 0. The van der Waals surface area contributed by atoms with Crippen LogP contribution in [0.1, 0.15) is 47.9 Å². The van der Waals surface area contributed by atoms with Crippen LogP contribution in [-0.2, 0) is 11.8 Å². The van der Waals surface area contributed by atoms with E-state index < -0.39 is 0 Å². The van der Waals surface area contributed by atoms with E-state index >= 15 is 0 Å². The number of rotatable bonds is 2. The van der Waals surface area contributed by atoms with Gasteiger partial charge in [0.25, 0.3) is 0 Å². The maximum absolute atomic E-state index is 6.50. The first kappa shape index (κ1) is 12.7. The second-order valence-corrected chi connectivity index (χ2v) is 6.67. The van der Waals surface area contributed by atoms with E-state index in [-0.39, 0.29) is 10.8 Å². The minimum absolute atomic E-state index is 0.167. The zero-order valence-electron chi connectivity index (χ0n) is 11.5. The normalized spacial score (nSPS) is 20.3. The molecule has 0 radical (unpaired) electrons. The van der Waals surface area contributed by atoms with Gasteiger partial charge in [-0.25, -0.2) is 0 Å². The second-order valence-electron chi connectivity index (χ2n) is 6.14. The Labute approximate surface area is 120 Å². The summed E-state index contributed by atoms with van der Waals surface area (Å²) in [5.74, 6) is 0. The van der Waals surface area contributed by atoms with Crippen molar-refractivity contribution < 1.29 is 0 Å². The van der Waals surface area contributed by atoms with Gasteiger partial charge in [-0.15, -0.1) is 11.6 Å². The summed E-state index contributed by atoms with van der Waals surface area (Å²) in [4.78, 5) is 0. The van der Waals surface area contributed by atoms with Crippen molar-refractivity contribution in [2.24, 2.45) is 0 Å². The van der Waals surface area contributed by atoms with E-state index in [2.05, 4.69) is 62.4 Å². The third-order valence-electron chi connectivity index (χ3n) is 4.12. The van der Waals surface area contributed by atoms with Crippen LogP contribution in [0.4, 0.5) is 0 Å². The lowest BCUT2D eigenvalue weighted by atomic mass is 9.86. The average Bonchev–Trinajstić information content (AvgIpc) is 2.61. The maximum atomic E-state index is 6.50. The molecule has 0 amide bonds. The minimum Gasteiger partial charge on any atom is -0.118 e. The smallest absolute Gasteiger partial charge is 0.0596 e. The maximum Gasteiger partial charge on any atom is 0.0596 e. The molecule has 2 aromatic rings. The number of alkyl halides is 1. The first-order valence-electron chi connectivity index (χ1n) is 6.87. The van der Waals surface area contributed by atoms with Crippen molar-refractivity contribution in [3.63, 3.8) is 0 Å². The first-order chi connectivity index (χ1) is 9.06. The van der Waals surface area contributed by atoms with Crippen LogP contribution >= 0.6 is 11.6 Å². The topological polar surface area (TPSA) is 0 Å². The SMILES string of the molecule is CC1(C)CC(Cl)c2cc(Cc3ccccc3)ccc21. The lowest BCUT2D eigenvalue weighted by Crippen LogP contribution is -2.11. The quantitative estimate of drug-likeness (QED) is 0.655. The zero-order chi connectivity index (χ0) is 13.5. The van der Waals surface area contributed by atoms with Gasteiger partial charge in [0.05, 0.1) is 5.38 Å². The largest absolute Gasteiger partial charge is 0.118 e. The monoisotopic (exact) mass is 270 g/mol. The van der Waals surface area contributed by atoms with Gasteiger partial charge in [0.1, 0.15) is 0 Å². The predicted octanol–water partition coefficient (Wildman–Crippen LogP) is 5.24. The van der Waals surface area contributed by atoms with Crippen LogP contribution in [0.2, 0.25) is 0 Å². The van der Waals surface area contributed by atoms with Gasteiger partial charge in [-0.1, -0.05) is 62.4 Å². The van der Waals surface area contributed by atoms with Gasteiger partial charge in [-0.05, 0) is 40.5 Å². The summed E-state index contributed by atoms with van der Waals surface area (Å²) in [5, 5.41) is 0.167. The van der Waals surface area contributed by atoms with Gasteiger partial charge in [0.2, 0.25) is 0 Å². The third-order valence-corrected chi connectivity index (χ3v) is 4.51. The van der Waals surface area contributed by atoms with E-state index in [0.717, 1.165) is 12.8 Å². The molecule has 0 fully saturated rings. The Morgan fingerprint density at radius 1 is 1.05 bits per heavy atom. The molecule has 1 unspecified atom stereocenters. The fourth-order valence-electron chi connectivity index (χ4n) is 3.10. The van der Waals surface area contributed by atoms with Crippen molar-refractivity contribution in [3.8, 4) is 0 Å². The molecule has 1 aliphatic carbocycles. The lowest BCUT2D eigenvalue weighted by Gasteiger charge is -2.18. The molecule has 19 heavy (non-hydrogen) atoms. The van der Waals surface area contributed by atoms with Gasteiger partial charge in [-0.2, -0.15) is 0 Å². The van der Waals surface area contributed by atoms with Crippen molar-refractivity contribution in [3.05, 3.63) is 70.8 Å². The summed E-state index contributed by atoms with van der Waals surface area (Å²) in [5.41, 5.74) is 5.68. The Bertz CT molecular complexity index is 584. The summed E-state index contributed by atoms with van der Waals surface area (Å²) >= 11 is 6.50. The van der Waals surface area contributed by atoms with E-state index in [1.165, 1.54) is 22.3 Å². The van der Waals surface area contributed by atoms with E-state index in [9.17, 15) is 0 Å². The van der Waals surface area contributed by atoms with E-state index in [0.29, 0.717) is 0 Å². The number of hydrogen-bond donors (Lipinski definition) is 0. The van der Waals surface area contributed by atoms with Crippen molar-refractivity contribution in [1.29, 1.82) is 0 Å². The van der Waals surface area contributed by atoms with Crippen LogP contribution < -0.4 is 0 Å². The molecule has 98 valence electrons. The fourth-order valence-corrected chi connectivity index (χ4v) is 3.66. The van der Waals surface area contributed by atoms with Crippen LogP contribution in [0.3, 0.4) is 0 Å². The third kappa shape index (κ3) is 2.42. The molecule has 0 saturated carbocycles. The van der Waals surface area contributed by atoms with Crippen LogP contribution in [0.25, 0.3) is 0 Å². The molecule has 1 heteroatoms. The Hall–Kier alpha value is -1.27. The van der Waals surface area contributed by atoms with Crippen LogP contribution in [0.15, 0.2) is 48.5 Å². The summed E-state index contributed by atoms with van der Waals surface area (Å²) in [6.45, 7) is 4.57. The van der Waals surface area contributed by atoms with Crippen LogP contribution in [0, 0.1) is 0 Å². The summed E-state index contributed by atoms with van der Waals surface area (Å²) < 4.78 is 0. The zero-order valence-corrected chi connectivity index (χ0v) is 12.2. The van der Waals surface area contributed by atoms with E-state index in [4.69, 9.17) is 11.6 Å². The van der Waals surface area contributed by atoms with Gasteiger partial charge >= 0.3 is 0 Å². The summed E-state index contributed by atoms with van der Waals surface area (Å²) in [6.07, 6.45) is 2.02. The molecule has 1 atom stereocenters. The molecule has 2 aromatic carbocycles. The average molecular weight is 271 g/mol.